The summed E-state index contributed by atoms with van der Waals surface area (Å²) >= 11 is 0. The summed E-state index contributed by atoms with van der Waals surface area (Å²) in [4.78, 5) is 4.65. The van der Waals surface area contributed by atoms with Gasteiger partial charge in [0.15, 0.2) is 0 Å². The minimum Gasteiger partial charge on any atom is -0.394 e. The monoisotopic (exact) mass is 291 g/mol. The molecule has 0 amide bonds. The predicted octanol–water partition coefficient (Wildman–Crippen LogP) is 1.16. The van der Waals surface area contributed by atoms with Crippen molar-refractivity contribution in [1.82, 2.24) is 15.1 Å². The Bertz CT molecular complexity index is 400. The molecule has 0 radical (unpaired) electrons. The molecule has 0 aliphatic carbocycles. The van der Waals surface area contributed by atoms with E-state index in [0.29, 0.717) is 0 Å². The SMILES string of the molecule is CN(C)CCNC1(CO)CCN(Cc2ccccc2)CC1. The third-order valence-corrected chi connectivity index (χ3v) is 4.42. The van der Waals surface area contributed by atoms with E-state index in [0.717, 1.165) is 45.6 Å². The Labute approximate surface area is 128 Å². The molecular formula is C17H29N3O. The van der Waals surface area contributed by atoms with E-state index >= 15 is 0 Å². The summed E-state index contributed by atoms with van der Waals surface area (Å²) in [5, 5.41) is 13.4. The molecule has 1 saturated heterocycles. The predicted molar refractivity (Wildman–Crippen MR) is 87.3 cm³/mol. The van der Waals surface area contributed by atoms with Crippen LogP contribution in [0, 0.1) is 0 Å². The number of benzene rings is 1. The normalized spacial score (nSPS) is 19.0. The van der Waals surface area contributed by atoms with Gasteiger partial charge in [0, 0.05) is 38.3 Å². The molecule has 1 aliphatic rings. The van der Waals surface area contributed by atoms with Gasteiger partial charge in [-0.15, -0.1) is 0 Å². The Morgan fingerprint density at radius 3 is 2.43 bits per heavy atom. The van der Waals surface area contributed by atoms with Crippen LogP contribution in [0.3, 0.4) is 0 Å². The Balaban J connectivity index is 1.80. The summed E-state index contributed by atoms with van der Waals surface area (Å²) in [5.41, 5.74) is 1.29. The van der Waals surface area contributed by atoms with Crippen LogP contribution in [0.4, 0.5) is 0 Å². The molecule has 0 spiro atoms. The van der Waals surface area contributed by atoms with Gasteiger partial charge in [0.25, 0.3) is 0 Å². The molecule has 2 N–H and O–H groups in total. The maximum atomic E-state index is 9.79. The van der Waals surface area contributed by atoms with Crippen LogP contribution in [0.25, 0.3) is 0 Å². The Hall–Kier alpha value is -0.940. The van der Waals surface area contributed by atoms with E-state index in [9.17, 15) is 5.11 Å². The lowest BCUT2D eigenvalue weighted by Crippen LogP contribution is -2.56. The van der Waals surface area contributed by atoms with Crippen molar-refractivity contribution in [2.75, 3.05) is 46.9 Å². The van der Waals surface area contributed by atoms with Gasteiger partial charge in [-0.1, -0.05) is 30.3 Å². The molecule has 2 rings (SSSR count). The van der Waals surface area contributed by atoms with E-state index in [1.807, 2.05) is 0 Å². The molecule has 0 atom stereocenters. The van der Waals surface area contributed by atoms with E-state index in [1.165, 1.54) is 5.56 Å². The van der Waals surface area contributed by atoms with Crippen molar-refractivity contribution in [3.8, 4) is 0 Å². The first-order chi connectivity index (χ1) is 10.1. The molecule has 0 saturated carbocycles. The summed E-state index contributed by atoms with van der Waals surface area (Å²) in [6, 6.07) is 10.6. The largest absolute Gasteiger partial charge is 0.394 e. The number of aliphatic hydroxyl groups excluding tert-OH is 1. The van der Waals surface area contributed by atoms with Crippen LogP contribution in [0.15, 0.2) is 30.3 Å². The van der Waals surface area contributed by atoms with Gasteiger partial charge < -0.3 is 15.3 Å². The zero-order chi connectivity index (χ0) is 15.1. The second kappa shape index (κ2) is 7.90. The summed E-state index contributed by atoms with van der Waals surface area (Å²) < 4.78 is 0. The molecule has 118 valence electrons. The molecule has 1 aromatic carbocycles. The van der Waals surface area contributed by atoms with Crippen LogP contribution < -0.4 is 5.32 Å². The molecular weight excluding hydrogens is 262 g/mol. The molecule has 1 aliphatic heterocycles. The van der Waals surface area contributed by atoms with E-state index in [-0.39, 0.29) is 12.1 Å². The lowest BCUT2D eigenvalue weighted by molar-refractivity contribution is 0.0744. The van der Waals surface area contributed by atoms with Gasteiger partial charge in [0.05, 0.1) is 6.61 Å². The average molecular weight is 291 g/mol. The average Bonchev–Trinajstić information content (AvgIpc) is 2.50. The molecule has 0 aromatic heterocycles. The van der Waals surface area contributed by atoms with Gasteiger partial charge in [-0.2, -0.15) is 0 Å². The molecule has 1 heterocycles. The van der Waals surface area contributed by atoms with E-state index in [4.69, 9.17) is 0 Å². The van der Waals surface area contributed by atoms with Crippen molar-refractivity contribution >= 4 is 0 Å². The fourth-order valence-corrected chi connectivity index (χ4v) is 2.92. The van der Waals surface area contributed by atoms with Gasteiger partial charge in [-0.3, -0.25) is 4.90 Å². The van der Waals surface area contributed by atoms with Gasteiger partial charge >= 0.3 is 0 Å². The van der Waals surface area contributed by atoms with Crippen LogP contribution in [-0.2, 0) is 6.54 Å². The zero-order valence-electron chi connectivity index (χ0n) is 13.4. The van der Waals surface area contributed by atoms with Crippen LogP contribution in [-0.4, -0.2) is 67.3 Å². The topological polar surface area (TPSA) is 38.7 Å². The number of aliphatic hydroxyl groups is 1. The summed E-state index contributed by atoms with van der Waals surface area (Å²) in [6.07, 6.45) is 2.04. The smallest absolute Gasteiger partial charge is 0.0614 e. The van der Waals surface area contributed by atoms with E-state index < -0.39 is 0 Å². The second-order valence-corrected chi connectivity index (χ2v) is 6.43. The van der Waals surface area contributed by atoms with Crippen molar-refractivity contribution in [3.63, 3.8) is 0 Å². The number of hydrogen-bond donors (Lipinski definition) is 2. The third kappa shape index (κ3) is 5.08. The maximum Gasteiger partial charge on any atom is 0.0614 e. The number of likely N-dealkylation sites (N-methyl/N-ethyl adjacent to an activating group) is 1. The van der Waals surface area contributed by atoms with Gasteiger partial charge in [0.2, 0.25) is 0 Å². The highest BCUT2D eigenvalue weighted by Crippen LogP contribution is 2.23. The van der Waals surface area contributed by atoms with Crippen molar-refractivity contribution in [2.24, 2.45) is 0 Å². The number of nitrogens with zero attached hydrogens (tertiary/aromatic N) is 2. The number of hydrogen-bond acceptors (Lipinski definition) is 4. The molecule has 0 bridgehead atoms. The number of rotatable bonds is 7. The van der Waals surface area contributed by atoms with Crippen molar-refractivity contribution in [2.45, 2.75) is 24.9 Å². The molecule has 1 aromatic rings. The lowest BCUT2D eigenvalue weighted by atomic mass is 9.88. The first-order valence-corrected chi connectivity index (χ1v) is 7.90. The molecule has 4 nitrogen and oxygen atoms in total. The van der Waals surface area contributed by atoms with Crippen molar-refractivity contribution < 1.29 is 5.11 Å². The minimum atomic E-state index is -0.0802. The van der Waals surface area contributed by atoms with Crippen LogP contribution in [0.1, 0.15) is 18.4 Å². The van der Waals surface area contributed by atoms with Gasteiger partial charge in [0.1, 0.15) is 0 Å². The quantitative estimate of drug-likeness (QED) is 0.791. The van der Waals surface area contributed by atoms with Gasteiger partial charge in [-0.25, -0.2) is 0 Å². The first kappa shape index (κ1) is 16.4. The first-order valence-electron chi connectivity index (χ1n) is 7.90. The van der Waals surface area contributed by atoms with Crippen LogP contribution in [0.2, 0.25) is 0 Å². The highest BCUT2D eigenvalue weighted by Gasteiger charge is 2.33. The molecule has 0 unspecified atom stereocenters. The number of nitrogens with one attached hydrogen (secondary N) is 1. The number of likely N-dealkylation sites (tertiary alicyclic amines) is 1. The van der Waals surface area contributed by atoms with Crippen molar-refractivity contribution in [3.05, 3.63) is 35.9 Å². The lowest BCUT2D eigenvalue weighted by Gasteiger charge is -2.41. The second-order valence-electron chi connectivity index (χ2n) is 6.43. The Kier molecular flexibility index (Phi) is 6.18. The molecule has 21 heavy (non-hydrogen) atoms. The fourth-order valence-electron chi connectivity index (χ4n) is 2.92. The maximum absolute atomic E-state index is 9.79. The minimum absolute atomic E-state index is 0.0802. The summed E-state index contributed by atoms with van der Waals surface area (Å²) in [6.45, 7) is 5.29. The Morgan fingerprint density at radius 2 is 1.86 bits per heavy atom. The number of piperidine rings is 1. The summed E-state index contributed by atoms with van der Waals surface area (Å²) in [5.74, 6) is 0. The highest BCUT2D eigenvalue weighted by molar-refractivity contribution is 5.14. The van der Waals surface area contributed by atoms with E-state index in [1.54, 1.807) is 0 Å². The van der Waals surface area contributed by atoms with Crippen molar-refractivity contribution in [1.29, 1.82) is 0 Å². The van der Waals surface area contributed by atoms with Crippen LogP contribution >= 0.6 is 0 Å². The van der Waals surface area contributed by atoms with Crippen LogP contribution in [0.5, 0.6) is 0 Å². The van der Waals surface area contributed by atoms with E-state index in [2.05, 4.69) is 59.5 Å². The third-order valence-electron chi connectivity index (χ3n) is 4.42. The molecule has 1 fully saturated rings. The highest BCUT2D eigenvalue weighted by atomic mass is 16.3. The molecule has 4 heteroatoms. The zero-order valence-corrected chi connectivity index (χ0v) is 13.4. The summed E-state index contributed by atoms with van der Waals surface area (Å²) in [7, 11) is 4.16. The fraction of sp³-hybridized carbons (Fsp3) is 0.647. The Morgan fingerprint density at radius 1 is 1.19 bits per heavy atom. The van der Waals surface area contributed by atoms with Gasteiger partial charge in [-0.05, 0) is 32.5 Å². The standard InChI is InChI=1S/C17H29N3O/c1-19(2)13-10-18-17(15-21)8-11-20(12-9-17)14-16-6-4-3-5-7-16/h3-7,18,21H,8-15H2,1-2H3.